The Balaban J connectivity index is 1.76. The van der Waals surface area contributed by atoms with E-state index < -0.39 is 0 Å². The molecule has 1 fully saturated rings. The van der Waals surface area contributed by atoms with Gasteiger partial charge in [-0.3, -0.25) is 4.68 Å². The van der Waals surface area contributed by atoms with Gasteiger partial charge in [-0.25, -0.2) is 0 Å². The molecule has 0 amide bonds. The Morgan fingerprint density at radius 3 is 2.73 bits per heavy atom. The molecule has 84 valence electrons. The first-order valence-corrected chi connectivity index (χ1v) is 6.91. The predicted molar refractivity (Wildman–Crippen MR) is 64.3 cm³/mol. The molecule has 2 rings (SSSR count). The van der Waals surface area contributed by atoms with E-state index in [-0.39, 0.29) is 0 Å². The van der Waals surface area contributed by atoms with Crippen molar-refractivity contribution in [3.63, 3.8) is 0 Å². The highest BCUT2D eigenvalue weighted by molar-refractivity contribution is 7.98. The highest BCUT2D eigenvalue weighted by Crippen LogP contribution is 2.11. The van der Waals surface area contributed by atoms with E-state index in [2.05, 4.69) is 33.2 Å². The first-order chi connectivity index (χ1) is 7.38. The minimum atomic E-state index is 1.03. The fourth-order valence-corrected chi connectivity index (χ4v) is 2.39. The SMILES string of the molecule is CSc1ccn(CCN2CCCCC2)n1. The number of piperidine rings is 1. The second-order valence-corrected chi connectivity index (χ2v) is 4.85. The van der Waals surface area contributed by atoms with Crippen LogP contribution in [-0.4, -0.2) is 40.6 Å². The molecule has 1 aliphatic heterocycles. The number of rotatable bonds is 4. The average Bonchev–Trinajstić information content (AvgIpc) is 2.76. The summed E-state index contributed by atoms with van der Waals surface area (Å²) >= 11 is 1.71. The van der Waals surface area contributed by atoms with Crippen LogP contribution in [0.1, 0.15) is 19.3 Å². The van der Waals surface area contributed by atoms with Gasteiger partial charge in [-0.05, 0) is 38.3 Å². The van der Waals surface area contributed by atoms with Crippen LogP contribution in [-0.2, 0) is 6.54 Å². The standard InChI is InChI=1S/C11H19N3S/c1-15-11-5-8-14(12-11)10-9-13-6-3-2-4-7-13/h5,8H,2-4,6-7,9-10H2,1H3. The maximum atomic E-state index is 4.47. The molecular weight excluding hydrogens is 206 g/mol. The van der Waals surface area contributed by atoms with E-state index in [1.54, 1.807) is 11.8 Å². The van der Waals surface area contributed by atoms with Crippen molar-refractivity contribution >= 4 is 11.8 Å². The average molecular weight is 225 g/mol. The number of aromatic nitrogens is 2. The topological polar surface area (TPSA) is 21.1 Å². The van der Waals surface area contributed by atoms with Crippen LogP contribution < -0.4 is 0 Å². The third kappa shape index (κ3) is 3.24. The van der Waals surface area contributed by atoms with Crippen molar-refractivity contribution in [2.45, 2.75) is 30.8 Å². The van der Waals surface area contributed by atoms with Crippen molar-refractivity contribution in [3.8, 4) is 0 Å². The lowest BCUT2D eigenvalue weighted by molar-refractivity contribution is 0.217. The summed E-state index contributed by atoms with van der Waals surface area (Å²) in [5.41, 5.74) is 0. The second kappa shape index (κ2) is 5.56. The molecule has 0 spiro atoms. The highest BCUT2D eigenvalue weighted by atomic mass is 32.2. The quantitative estimate of drug-likeness (QED) is 0.732. The molecular formula is C11H19N3S. The molecule has 3 nitrogen and oxygen atoms in total. The molecule has 0 atom stereocenters. The van der Waals surface area contributed by atoms with Crippen LogP contribution in [0, 0.1) is 0 Å². The normalized spacial score (nSPS) is 18.2. The fraction of sp³-hybridized carbons (Fsp3) is 0.727. The summed E-state index contributed by atoms with van der Waals surface area (Å²) in [5.74, 6) is 0. The van der Waals surface area contributed by atoms with E-state index in [0.29, 0.717) is 0 Å². The van der Waals surface area contributed by atoms with Gasteiger partial charge in [-0.2, -0.15) is 5.10 Å². The van der Waals surface area contributed by atoms with Gasteiger partial charge in [0.25, 0.3) is 0 Å². The number of likely N-dealkylation sites (tertiary alicyclic amines) is 1. The molecule has 0 radical (unpaired) electrons. The first kappa shape index (κ1) is 11.0. The predicted octanol–water partition coefficient (Wildman–Crippen LogP) is 2.09. The van der Waals surface area contributed by atoms with Gasteiger partial charge >= 0.3 is 0 Å². The van der Waals surface area contributed by atoms with E-state index in [9.17, 15) is 0 Å². The minimum Gasteiger partial charge on any atom is -0.301 e. The lowest BCUT2D eigenvalue weighted by Crippen LogP contribution is -2.32. The van der Waals surface area contributed by atoms with Crippen molar-refractivity contribution in [2.75, 3.05) is 25.9 Å². The van der Waals surface area contributed by atoms with Crippen LogP contribution >= 0.6 is 11.8 Å². The van der Waals surface area contributed by atoms with Crippen LogP contribution in [0.3, 0.4) is 0 Å². The van der Waals surface area contributed by atoms with Gasteiger partial charge in [0.05, 0.1) is 6.54 Å². The number of thioether (sulfide) groups is 1. The number of hydrogen-bond acceptors (Lipinski definition) is 3. The lowest BCUT2D eigenvalue weighted by Gasteiger charge is -2.26. The van der Waals surface area contributed by atoms with Gasteiger partial charge in [0.1, 0.15) is 5.03 Å². The Morgan fingerprint density at radius 2 is 2.07 bits per heavy atom. The van der Waals surface area contributed by atoms with E-state index in [1.165, 1.54) is 32.4 Å². The number of nitrogens with zero attached hydrogens (tertiary/aromatic N) is 3. The van der Waals surface area contributed by atoms with Gasteiger partial charge in [0.15, 0.2) is 0 Å². The van der Waals surface area contributed by atoms with E-state index in [4.69, 9.17) is 0 Å². The molecule has 0 saturated carbocycles. The van der Waals surface area contributed by atoms with E-state index in [1.807, 2.05) is 0 Å². The molecule has 1 aliphatic rings. The summed E-state index contributed by atoms with van der Waals surface area (Å²) in [6.45, 7) is 4.73. The van der Waals surface area contributed by atoms with Crippen molar-refractivity contribution < 1.29 is 0 Å². The Bertz CT molecular complexity index is 292. The summed E-state index contributed by atoms with van der Waals surface area (Å²) in [6.07, 6.45) is 8.30. The largest absolute Gasteiger partial charge is 0.301 e. The Hall–Kier alpha value is -0.480. The summed E-state index contributed by atoms with van der Waals surface area (Å²) in [4.78, 5) is 2.55. The molecule has 4 heteroatoms. The van der Waals surface area contributed by atoms with Gasteiger partial charge in [-0.1, -0.05) is 6.42 Å². The maximum absolute atomic E-state index is 4.47. The lowest BCUT2D eigenvalue weighted by atomic mass is 10.1. The van der Waals surface area contributed by atoms with E-state index >= 15 is 0 Å². The van der Waals surface area contributed by atoms with E-state index in [0.717, 1.165) is 18.1 Å². The summed E-state index contributed by atoms with van der Waals surface area (Å²) in [5, 5.41) is 5.59. The summed E-state index contributed by atoms with van der Waals surface area (Å²) in [7, 11) is 0. The van der Waals surface area contributed by atoms with Gasteiger partial charge < -0.3 is 4.90 Å². The molecule has 1 saturated heterocycles. The second-order valence-electron chi connectivity index (χ2n) is 4.02. The molecule has 0 aliphatic carbocycles. The molecule has 0 aromatic carbocycles. The molecule has 1 aromatic rings. The van der Waals surface area contributed by atoms with Crippen LogP contribution in [0.15, 0.2) is 17.3 Å². The van der Waals surface area contributed by atoms with Crippen LogP contribution in [0.5, 0.6) is 0 Å². The van der Waals surface area contributed by atoms with Crippen LogP contribution in [0.4, 0.5) is 0 Å². The fourth-order valence-electron chi connectivity index (χ4n) is 2.00. The van der Waals surface area contributed by atoms with Crippen LogP contribution in [0.2, 0.25) is 0 Å². The zero-order valence-electron chi connectivity index (χ0n) is 9.35. The zero-order valence-corrected chi connectivity index (χ0v) is 10.2. The van der Waals surface area contributed by atoms with Gasteiger partial charge in [0, 0.05) is 12.7 Å². The summed E-state index contributed by atoms with van der Waals surface area (Å²) in [6, 6.07) is 2.08. The van der Waals surface area contributed by atoms with Crippen molar-refractivity contribution in [1.82, 2.24) is 14.7 Å². The Morgan fingerprint density at radius 1 is 1.27 bits per heavy atom. The molecule has 0 N–H and O–H groups in total. The zero-order chi connectivity index (χ0) is 10.5. The molecule has 15 heavy (non-hydrogen) atoms. The Labute approximate surface area is 95.8 Å². The monoisotopic (exact) mass is 225 g/mol. The van der Waals surface area contributed by atoms with Crippen molar-refractivity contribution in [3.05, 3.63) is 12.3 Å². The number of hydrogen-bond donors (Lipinski definition) is 0. The van der Waals surface area contributed by atoms with Crippen molar-refractivity contribution in [1.29, 1.82) is 0 Å². The van der Waals surface area contributed by atoms with Crippen LogP contribution in [0.25, 0.3) is 0 Å². The third-order valence-corrected chi connectivity index (χ3v) is 3.56. The van der Waals surface area contributed by atoms with Gasteiger partial charge in [0.2, 0.25) is 0 Å². The van der Waals surface area contributed by atoms with Gasteiger partial charge in [-0.15, -0.1) is 11.8 Å². The molecule has 0 bridgehead atoms. The maximum Gasteiger partial charge on any atom is 0.118 e. The molecule has 2 heterocycles. The Kier molecular flexibility index (Phi) is 4.09. The minimum absolute atomic E-state index is 1.03. The van der Waals surface area contributed by atoms with Crippen molar-refractivity contribution in [2.24, 2.45) is 0 Å². The first-order valence-electron chi connectivity index (χ1n) is 5.68. The summed E-state index contributed by atoms with van der Waals surface area (Å²) < 4.78 is 2.06. The molecule has 1 aromatic heterocycles. The smallest absolute Gasteiger partial charge is 0.118 e. The third-order valence-electron chi connectivity index (χ3n) is 2.92. The highest BCUT2D eigenvalue weighted by Gasteiger charge is 2.09. The molecule has 0 unspecified atom stereocenters.